The third-order valence-corrected chi connectivity index (χ3v) is 4.81. The Bertz CT molecular complexity index is 511. The number of methoxy groups -OCH3 is 1. The molecular weight excluding hydrogens is 304 g/mol. The summed E-state index contributed by atoms with van der Waals surface area (Å²) in [5.74, 6) is 0.0755. The van der Waals surface area contributed by atoms with Crippen molar-refractivity contribution >= 4 is 5.91 Å². The number of β-amino-alcohol motifs (C(OH)–C–C–N with tert-alkyl or cyclic N) is 1. The first-order chi connectivity index (χ1) is 11.4. The van der Waals surface area contributed by atoms with E-state index in [0.29, 0.717) is 13.2 Å². The number of piperidine rings is 1. The van der Waals surface area contributed by atoms with Crippen molar-refractivity contribution in [2.75, 3.05) is 33.4 Å². The first-order valence-electron chi connectivity index (χ1n) is 8.69. The maximum atomic E-state index is 12.7. The van der Waals surface area contributed by atoms with Crippen LogP contribution in [-0.2, 0) is 14.9 Å². The van der Waals surface area contributed by atoms with Crippen LogP contribution in [0.3, 0.4) is 0 Å². The molecule has 1 aromatic rings. The lowest BCUT2D eigenvalue weighted by Gasteiger charge is -2.35. The lowest BCUT2D eigenvalue weighted by atomic mass is 9.83. The molecule has 0 saturated carbocycles. The van der Waals surface area contributed by atoms with Crippen molar-refractivity contribution < 1.29 is 14.6 Å². The summed E-state index contributed by atoms with van der Waals surface area (Å²) in [5, 5.41) is 13.0. The Hall–Kier alpha value is -1.43. The molecule has 2 rings (SSSR count). The average Bonchev–Trinajstić information content (AvgIpc) is 2.57. The van der Waals surface area contributed by atoms with Crippen molar-refractivity contribution in [3.8, 4) is 0 Å². The minimum absolute atomic E-state index is 0.0755. The summed E-state index contributed by atoms with van der Waals surface area (Å²) < 4.78 is 4.96. The molecule has 5 heteroatoms. The molecule has 0 radical (unpaired) electrons. The molecule has 1 unspecified atom stereocenters. The number of rotatable bonds is 7. The quantitative estimate of drug-likeness (QED) is 0.794. The Labute approximate surface area is 145 Å². The highest BCUT2D eigenvalue weighted by atomic mass is 16.5. The highest BCUT2D eigenvalue weighted by Crippen LogP contribution is 2.24. The molecular formula is C19H30N2O3. The van der Waals surface area contributed by atoms with E-state index >= 15 is 0 Å². The molecule has 1 atom stereocenters. The van der Waals surface area contributed by atoms with Gasteiger partial charge >= 0.3 is 0 Å². The molecule has 1 aliphatic rings. The molecule has 0 aliphatic carbocycles. The first-order valence-corrected chi connectivity index (χ1v) is 8.69. The van der Waals surface area contributed by atoms with Crippen molar-refractivity contribution in [3.05, 3.63) is 35.9 Å². The maximum Gasteiger partial charge on any atom is 0.230 e. The second-order valence-electron chi connectivity index (χ2n) is 7.15. The van der Waals surface area contributed by atoms with Crippen LogP contribution < -0.4 is 5.32 Å². The van der Waals surface area contributed by atoms with E-state index in [1.807, 2.05) is 44.2 Å². The van der Waals surface area contributed by atoms with E-state index in [0.717, 1.165) is 31.5 Å². The maximum absolute atomic E-state index is 12.7. The van der Waals surface area contributed by atoms with Crippen LogP contribution in [-0.4, -0.2) is 61.4 Å². The SMILES string of the molecule is COCC(O)CN1CCC(NC(=O)C(C)(C)c2ccccc2)CC1. The van der Waals surface area contributed by atoms with Gasteiger partial charge in [-0.25, -0.2) is 0 Å². The van der Waals surface area contributed by atoms with Crippen LogP contribution in [0.2, 0.25) is 0 Å². The van der Waals surface area contributed by atoms with Gasteiger partial charge in [-0.05, 0) is 32.3 Å². The van der Waals surface area contributed by atoms with Crippen molar-refractivity contribution in [3.63, 3.8) is 0 Å². The molecule has 24 heavy (non-hydrogen) atoms. The summed E-state index contributed by atoms with van der Waals surface area (Å²) in [6.07, 6.45) is 1.38. The van der Waals surface area contributed by atoms with Gasteiger partial charge in [-0.1, -0.05) is 30.3 Å². The molecule has 1 aromatic carbocycles. The minimum atomic E-state index is -0.535. The van der Waals surface area contributed by atoms with Crippen molar-refractivity contribution in [1.29, 1.82) is 0 Å². The summed E-state index contributed by atoms with van der Waals surface area (Å²) >= 11 is 0. The standard InChI is InChI=1S/C19H30N2O3/c1-19(2,15-7-5-4-6-8-15)18(23)20-16-9-11-21(12-10-16)13-17(22)14-24-3/h4-8,16-17,22H,9-14H2,1-3H3,(H,20,23). The summed E-state index contributed by atoms with van der Waals surface area (Å²) in [4.78, 5) is 14.9. The fraction of sp³-hybridized carbons (Fsp3) is 0.632. The Morgan fingerprint density at radius 3 is 2.54 bits per heavy atom. The molecule has 0 aromatic heterocycles. The number of aliphatic hydroxyl groups excluding tert-OH is 1. The van der Waals surface area contributed by atoms with Gasteiger partial charge in [-0.3, -0.25) is 4.79 Å². The van der Waals surface area contributed by atoms with Gasteiger partial charge in [0.25, 0.3) is 0 Å². The monoisotopic (exact) mass is 334 g/mol. The highest BCUT2D eigenvalue weighted by Gasteiger charge is 2.32. The fourth-order valence-electron chi connectivity index (χ4n) is 3.15. The van der Waals surface area contributed by atoms with Gasteiger partial charge in [0.05, 0.1) is 18.1 Å². The third kappa shape index (κ3) is 5.03. The fourth-order valence-corrected chi connectivity index (χ4v) is 3.15. The number of likely N-dealkylation sites (tertiary alicyclic amines) is 1. The van der Waals surface area contributed by atoms with Crippen LogP contribution in [0.15, 0.2) is 30.3 Å². The zero-order chi connectivity index (χ0) is 17.6. The van der Waals surface area contributed by atoms with Crippen LogP contribution in [0.25, 0.3) is 0 Å². The van der Waals surface area contributed by atoms with Gasteiger partial charge in [0.2, 0.25) is 5.91 Å². The van der Waals surface area contributed by atoms with Crippen LogP contribution in [0.4, 0.5) is 0 Å². The van der Waals surface area contributed by atoms with Crippen LogP contribution in [0.1, 0.15) is 32.3 Å². The van der Waals surface area contributed by atoms with Crippen molar-refractivity contribution in [1.82, 2.24) is 10.2 Å². The zero-order valence-electron chi connectivity index (χ0n) is 15.0. The summed E-state index contributed by atoms with van der Waals surface area (Å²) in [7, 11) is 1.60. The largest absolute Gasteiger partial charge is 0.389 e. The number of aliphatic hydroxyl groups is 1. The lowest BCUT2D eigenvalue weighted by molar-refractivity contribution is -0.126. The molecule has 0 spiro atoms. The number of hydrogen-bond donors (Lipinski definition) is 2. The molecule has 5 nitrogen and oxygen atoms in total. The number of carbonyl (C=O) groups excluding carboxylic acids is 1. The number of hydrogen-bond acceptors (Lipinski definition) is 4. The molecule has 1 aliphatic heterocycles. The van der Waals surface area contributed by atoms with Gasteiger partial charge in [0.15, 0.2) is 0 Å². The van der Waals surface area contributed by atoms with E-state index in [2.05, 4.69) is 10.2 Å². The Morgan fingerprint density at radius 2 is 1.96 bits per heavy atom. The number of amides is 1. The smallest absolute Gasteiger partial charge is 0.230 e. The van der Waals surface area contributed by atoms with Gasteiger partial charge in [0, 0.05) is 32.8 Å². The number of nitrogens with one attached hydrogen (secondary N) is 1. The molecule has 0 bridgehead atoms. The number of benzene rings is 1. The van der Waals surface area contributed by atoms with Crippen molar-refractivity contribution in [2.45, 2.75) is 44.2 Å². The van der Waals surface area contributed by atoms with Crippen molar-refractivity contribution in [2.24, 2.45) is 0 Å². The van der Waals surface area contributed by atoms with E-state index in [1.165, 1.54) is 0 Å². The average molecular weight is 334 g/mol. The normalized spacial score (nSPS) is 18.3. The Balaban J connectivity index is 1.82. The Kier molecular flexibility index (Phi) is 6.78. The molecule has 1 amide bonds. The lowest BCUT2D eigenvalue weighted by Crippen LogP contribution is -2.50. The number of carbonyl (C=O) groups is 1. The molecule has 2 N–H and O–H groups in total. The summed E-state index contributed by atoms with van der Waals surface area (Å²) in [5.41, 5.74) is 0.496. The van der Waals surface area contributed by atoms with Gasteiger partial charge in [-0.15, -0.1) is 0 Å². The van der Waals surface area contributed by atoms with Crippen LogP contribution in [0.5, 0.6) is 0 Å². The second-order valence-corrected chi connectivity index (χ2v) is 7.15. The van der Waals surface area contributed by atoms with E-state index in [9.17, 15) is 9.90 Å². The van der Waals surface area contributed by atoms with Crippen LogP contribution in [0, 0.1) is 0 Å². The second kappa shape index (κ2) is 8.60. The highest BCUT2D eigenvalue weighted by molar-refractivity contribution is 5.87. The number of ether oxygens (including phenoxy) is 1. The molecule has 1 saturated heterocycles. The predicted molar refractivity (Wildman–Crippen MR) is 95.0 cm³/mol. The molecule has 1 fully saturated rings. The molecule has 1 heterocycles. The van der Waals surface area contributed by atoms with E-state index in [-0.39, 0.29) is 11.9 Å². The van der Waals surface area contributed by atoms with E-state index in [4.69, 9.17) is 4.74 Å². The Morgan fingerprint density at radius 1 is 1.33 bits per heavy atom. The predicted octanol–water partition coefficient (Wildman–Crippen LogP) is 1.55. The summed E-state index contributed by atoms with van der Waals surface area (Å²) in [6, 6.07) is 10.1. The van der Waals surface area contributed by atoms with Gasteiger partial charge in [-0.2, -0.15) is 0 Å². The van der Waals surface area contributed by atoms with Crippen LogP contribution >= 0.6 is 0 Å². The number of nitrogens with zero attached hydrogens (tertiary/aromatic N) is 1. The van der Waals surface area contributed by atoms with Gasteiger partial charge < -0.3 is 20.1 Å². The minimum Gasteiger partial charge on any atom is -0.389 e. The van der Waals surface area contributed by atoms with E-state index in [1.54, 1.807) is 7.11 Å². The van der Waals surface area contributed by atoms with E-state index < -0.39 is 11.5 Å². The first kappa shape index (κ1) is 18.9. The topological polar surface area (TPSA) is 61.8 Å². The van der Waals surface area contributed by atoms with Gasteiger partial charge in [0.1, 0.15) is 0 Å². The summed E-state index contributed by atoms with van der Waals surface area (Å²) in [6.45, 7) is 6.70. The molecule has 134 valence electrons. The zero-order valence-corrected chi connectivity index (χ0v) is 15.0. The third-order valence-electron chi connectivity index (χ3n) is 4.81.